The molecular weight excluding hydrogens is 154 g/mol. The normalized spacial score (nSPS) is 23.8. The third kappa shape index (κ3) is 1.49. The van der Waals surface area contributed by atoms with Gasteiger partial charge in [-0.05, 0) is 25.0 Å². The molecule has 0 saturated carbocycles. The van der Waals surface area contributed by atoms with Crippen LogP contribution in [-0.4, -0.2) is 11.0 Å². The van der Waals surface area contributed by atoms with Gasteiger partial charge in [-0.2, -0.15) is 0 Å². The molecule has 0 aromatic heterocycles. The zero-order valence-electron chi connectivity index (χ0n) is 7.29. The van der Waals surface area contributed by atoms with Gasteiger partial charge in [0.25, 0.3) is 0 Å². The van der Waals surface area contributed by atoms with Crippen LogP contribution in [0.1, 0.15) is 20.3 Å². The molecule has 12 heavy (non-hydrogen) atoms. The molecule has 66 valence electrons. The van der Waals surface area contributed by atoms with Crippen LogP contribution < -0.4 is 5.73 Å². The smallest absolute Gasteiger partial charge is 0.244 e. The molecule has 1 amide bonds. The number of carbonyl (C=O) groups excluding carboxylic acids is 1. The minimum absolute atomic E-state index is 0.0116. The quantitative estimate of drug-likeness (QED) is 0.617. The molecule has 0 heterocycles. The summed E-state index contributed by atoms with van der Waals surface area (Å²) in [6.07, 6.45) is 2.19. The van der Waals surface area contributed by atoms with Gasteiger partial charge in [0.15, 0.2) is 0 Å². The van der Waals surface area contributed by atoms with Crippen LogP contribution in [0.3, 0.4) is 0 Å². The van der Waals surface area contributed by atoms with E-state index in [2.05, 4.69) is 0 Å². The molecule has 0 spiro atoms. The van der Waals surface area contributed by atoms with Crippen molar-refractivity contribution in [2.45, 2.75) is 20.3 Å². The minimum Gasteiger partial charge on any atom is -0.512 e. The molecule has 1 rings (SSSR count). The summed E-state index contributed by atoms with van der Waals surface area (Å²) in [6, 6.07) is 0. The van der Waals surface area contributed by atoms with Gasteiger partial charge in [0.05, 0.1) is 5.76 Å². The second kappa shape index (κ2) is 3.01. The van der Waals surface area contributed by atoms with Crippen LogP contribution in [0, 0.1) is 5.92 Å². The maximum Gasteiger partial charge on any atom is 0.244 e. The molecule has 0 radical (unpaired) electrons. The standard InChI is InChI=1S/C9H13NO2/c1-5-3-7(9(10)12)4-6(2)8(5)11/h3,6,11H,4H2,1-2H3,(H2,10,12). The minimum atomic E-state index is -0.395. The lowest BCUT2D eigenvalue weighted by atomic mass is 9.90. The van der Waals surface area contributed by atoms with Crippen molar-refractivity contribution < 1.29 is 9.90 Å². The Hall–Kier alpha value is -1.25. The number of primary amides is 1. The van der Waals surface area contributed by atoms with Crippen molar-refractivity contribution in [1.82, 2.24) is 0 Å². The van der Waals surface area contributed by atoms with Gasteiger partial charge in [-0.3, -0.25) is 4.79 Å². The highest BCUT2D eigenvalue weighted by Gasteiger charge is 2.19. The summed E-state index contributed by atoms with van der Waals surface area (Å²) in [7, 11) is 0. The Morgan fingerprint density at radius 2 is 2.33 bits per heavy atom. The molecule has 1 aliphatic rings. The van der Waals surface area contributed by atoms with Gasteiger partial charge in [-0.15, -0.1) is 0 Å². The Morgan fingerprint density at radius 1 is 1.75 bits per heavy atom. The van der Waals surface area contributed by atoms with Crippen LogP contribution in [0.4, 0.5) is 0 Å². The first-order chi connectivity index (χ1) is 5.52. The van der Waals surface area contributed by atoms with E-state index < -0.39 is 5.91 Å². The molecule has 1 aliphatic carbocycles. The van der Waals surface area contributed by atoms with E-state index in [1.54, 1.807) is 13.0 Å². The Morgan fingerprint density at radius 3 is 2.75 bits per heavy atom. The van der Waals surface area contributed by atoms with Crippen molar-refractivity contribution in [3.8, 4) is 0 Å². The number of hydrogen-bond donors (Lipinski definition) is 2. The lowest BCUT2D eigenvalue weighted by Crippen LogP contribution is -2.19. The van der Waals surface area contributed by atoms with Crippen LogP contribution in [0.15, 0.2) is 23.0 Å². The fourth-order valence-corrected chi connectivity index (χ4v) is 1.38. The zero-order valence-corrected chi connectivity index (χ0v) is 7.29. The summed E-state index contributed by atoms with van der Waals surface area (Å²) in [5.74, 6) is -0.0220. The molecule has 1 atom stereocenters. The Bertz CT molecular complexity index is 276. The monoisotopic (exact) mass is 167 g/mol. The first-order valence-electron chi connectivity index (χ1n) is 3.92. The number of hydrogen-bond acceptors (Lipinski definition) is 2. The molecule has 0 aromatic rings. The number of nitrogens with two attached hydrogens (primary N) is 1. The highest BCUT2D eigenvalue weighted by atomic mass is 16.3. The Labute approximate surface area is 71.6 Å². The van der Waals surface area contributed by atoms with Crippen LogP contribution in [-0.2, 0) is 4.79 Å². The molecule has 3 N–H and O–H groups in total. The van der Waals surface area contributed by atoms with E-state index in [9.17, 15) is 9.90 Å². The van der Waals surface area contributed by atoms with E-state index in [0.29, 0.717) is 17.8 Å². The third-order valence-electron chi connectivity index (χ3n) is 2.10. The number of aliphatic hydroxyl groups excluding tert-OH is 1. The van der Waals surface area contributed by atoms with Gasteiger partial charge in [-0.25, -0.2) is 0 Å². The van der Waals surface area contributed by atoms with Crippen molar-refractivity contribution in [3.63, 3.8) is 0 Å². The SMILES string of the molecule is CC1=C(O)C(C)CC(C(N)=O)=C1. The summed E-state index contributed by atoms with van der Waals surface area (Å²) in [5.41, 5.74) is 6.46. The van der Waals surface area contributed by atoms with E-state index in [-0.39, 0.29) is 5.92 Å². The number of allylic oxidation sites excluding steroid dienone is 3. The first kappa shape index (κ1) is 8.84. The second-order valence-electron chi connectivity index (χ2n) is 3.21. The maximum atomic E-state index is 10.8. The molecule has 0 bridgehead atoms. The molecule has 3 nitrogen and oxygen atoms in total. The predicted molar refractivity (Wildman–Crippen MR) is 46.4 cm³/mol. The predicted octanol–water partition coefficient (Wildman–Crippen LogP) is 1.27. The van der Waals surface area contributed by atoms with Crippen molar-refractivity contribution in [2.75, 3.05) is 0 Å². The highest BCUT2D eigenvalue weighted by Crippen LogP contribution is 2.26. The third-order valence-corrected chi connectivity index (χ3v) is 2.10. The van der Waals surface area contributed by atoms with Gasteiger partial charge >= 0.3 is 0 Å². The van der Waals surface area contributed by atoms with Crippen LogP contribution in [0.5, 0.6) is 0 Å². The largest absolute Gasteiger partial charge is 0.512 e. The lowest BCUT2D eigenvalue weighted by Gasteiger charge is -2.18. The molecule has 0 aromatic carbocycles. The van der Waals surface area contributed by atoms with Crippen molar-refractivity contribution >= 4 is 5.91 Å². The molecule has 0 aliphatic heterocycles. The van der Waals surface area contributed by atoms with Gasteiger partial charge in [-0.1, -0.05) is 6.92 Å². The average Bonchev–Trinajstić information content (AvgIpc) is 1.99. The van der Waals surface area contributed by atoms with Gasteiger partial charge in [0.2, 0.25) is 5.91 Å². The maximum absolute atomic E-state index is 10.8. The zero-order chi connectivity index (χ0) is 9.30. The van der Waals surface area contributed by atoms with Gasteiger partial charge in [0.1, 0.15) is 0 Å². The Balaban J connectivity index is 2.98. The summed E-state index contributed by atoms with van der Waals surface area (Å²) >= 11 is 0. The topological polar surface area (TPSA) is 63.3 Å². The highest BCUT2D eigenvalue weighted by molar-refractivity contribution is 5.92. The van der Waals surface area contributed by atoms with E-state index in [1.807, 2.05) is 6.92 Å². The number of rotatable bonds is 1. The average molecular weight is 167 g/mol. The molecule has 0 saturated heterocycles. The number of carbonyl (C=O) groups is 1. The van der Waals surface area contributed by atoms with Gasteiger partial charge in [0, 0.05) is 11.5 Å². The van der Waals surface area contributed by atoms with Crippen LogP contribution >= 0.6 is 0 Å². The summed E-state index contributed by atoms with van der Waals surface area (Å²) in [5, 5.41) is 9.43. The second-order valence-corrected chi connectivity index (χ2v) is 3.21. The van der Waals surface area contributed by atoms with Crippen molar-refractivity contribution in [2.24, 2.45) is 11.7 Å². The first-order valence-corrected chi connectivity index (χ1v) is 3.92. The van der Waals surface area contributed by atoms with Crippen molar-refractivity contribution in [3.05, 3.63) is 23.0 Å². The van der Waals surface area contributed by atoms with Crippen LogP contribution in [0.25, 0.3) is 0 Å². The molecule has 1 unspecified atom stereocenters. The lowest BCUT2D eigenvalue weighted by molar-refractivity contribution is -0.114. The van der Waals surface area contributed by atoms with Gasteiger partial charge < -0.3 is 10.8 Å². The molecular formula is C9H13NO2. The number of amides is 1. The Kier molecular flexibility index (Phi) is 2.22. The summed E-state index contributed by atoms with van der Waals surface area (Å²) in [4.78, 5) is 10.8. The molecule has 3 heteroatoms. The number of aliphatic hydroxyl groups is 1. The fourth-order valence-electron chi connectivity index (χ4n) is 1.38. The van der Waals surface area contributed by atoms with E-state index in [1.165, 1.54) is 0 Å². The van der Waals surface area contributed by atoms with E-state index >= 15 is 0 Å². The van der Waals surface area contributed by atoms with Crippen LogP contribution in [0.2, 0.25) is 0 Å². The van der Waals surface area contributed by atoms with E-state index in [4.69, 9.17) is 5.73 Å². The van der Waals surface area contributed by atoms with Crippen molar-refractivity contribution in [1.29, 1.82) is 0 Å². The summed E-state index contributed by atoms with van der Waals surface area (Å²) in [6.45, 7) is 3.64. The summed E-state index contributed by atoms with van der Waals surface area (Å²) < 4.78 is 0. The molecule has 0 fully saturated rings. The fraction of sp³-hybridized carbons (Fsp3) is 0.444. The van der Waals surface area contributed by atoms with E-state index in [0.717, 1.165) is 5.57 Å².